The summed E-state index contributed by atoms with van der Waals surface area (Å²) in [4.78, 5) is 14.2. The molecule has 2 aromatic rings. The van der Waals surface area contributed by atoms with Crippen molar-refractivity contribution in [3.05, 3.63) is 46.3 Å². The molecule has 1 aromatic carbocycles. The molecule has 1 aromatic heterocycles. The van der Waals surface area contributed by atoms with Gasteiger partial charge in [0.1, 0.15) is 12.4 Å². The van der Waals surface area contributed by atoms with Crippen LogP contribution in [0.4, 0.5) is 0 Å². The van der Waals surface area contributed by atoms with Gasteiger partial charge in [0.05, 0.1) is 31.3 Å². The SMILES string of the molecule is Cc1cc(C)cc(OCCN(C)C(=O)CCc2c(C)nn(CCC#N)c2C)c1. The van der Waals surface area contributed by atoms with E-state index in [4.69, 9.17) is 10.00 Å². The van der Waals surface area contributed by atoms with Crippen LogP contribution in [-0.2, 0) is 17.8 Å². The predicted molar refractivity (Wildman–Crippen MR) is 109 cm³/mol. The fourth-order valence-electron chi connectivity index (χ4n) is 3.33. The molecule has 0 aliphatic heterocycles. The van der Waals surface area contributed by atoms with Gasteiger partial charge in [0.2, 0.25) is 5.91 Å². The van der Waals surface area contributed by atoms with Crippen molar-refractivity contribution in [1.82, 2.24) is 14.7 Å². The molecule has 6 heteroatoms. The molecule has 0 aliphatic carbocycles. The van der Waals surface area contributed by atoms with E-state index in [0.717, 1.165) is 22.7 Å². The van der Waals surface area contributed by atoms with E-state index >= 15 is 0 Å². The number of ether oxygens (including phenoxy) is 1. The van der Waals surface area contributed by atoms with E-state index in [0.29, 0.717) is 39.0 Å². The summed E-state index contributed by atoms with van der Waals surface area (Å²) in [6, 6.07) is 8.26. The zero-order valence-electron chi connectivity index (χ0n) is 17.6. The lowest BCUT2D eigenvalue weighted by molar-refractivity contribution is -0.130. The third-order valence-corrected chi connectivity index (χ3v) is 4.87. The first-order valence-corrected chi connectivity index (χ1v) is 9.66. The normalized spacial score (nSPS) is 10.6. The largest absolute Gasteiger partial charge is 0.492 e. The molecule has 0 spiro atoms. The highest BCUT2D eigenvalue weighted by atomic mass is 16.5. The summed E-state index contributed by atoms with van der Waals surface area (Å²) in [6.07, 6.45) is 1.53. The molecule has 0 saturated carbocycles. The molecule has 1 amide bonds. The molecule has 1 heterocycles. The quantitative estimate of drug-likeness (QED) is 0.665. The van der Waals surface area contributed by atoms with E-state index in [9.17, 15) is 4.79 Å². The Kier molecular flexibility index (Phi) is 7.62. The van der Waals surface area contributed by atoms with E-state index in [1.807, 2.05) is 51.6 Å². The van der Waals surface area contributed by atoms with Gasteiger partial charge in [-0.05, 0) is 62.9 Å². The van der Waals surface area contributed by atoms with Crippen molar-refractivity contribution in [2.75, 3.05) is 20.2 Å². The van der Waals surface area contributed by atoms with Gasteiger partial charge in [0.15, 0.2) is 0 Å². The van der Waals surface area contributed by atoms with E-state index < -0.39 is 0 Å². The summed E-state index contributed by atoms with van der Waals surface area (Å²) < 4.78 is 7.66. The maximum atomic E-state index is 12.5. The molecule has 0 bridgehead atoms. The third kappa shape index (κ3) is 5.85. The first-order chi connectivity index (χ1) is 13.3. The summed E-state index contributed by atoms with van der Waals surface area (Å²) in [7, 11) is 1.81. The van der Waals surface area contributed by atoms with Gasteiger partial charge < -0.3 is 9.64 Å². The molecule has 150 valence electrons. The average Bonchev–Trinajstić information content (AvgIpc) is 2.90. The Morgan fingerprint density at radius 2 is 1.89 bits per heavy atom. The number of rotatable bonds is 9. The van der Waals surface area contributed by atoms with Crippen LogP contribution in [0.25, 0.3) is 0 Å². The number of hydrogen-bond acceptors (Lipinski definition) is 4. The molecule has 28 heavy (non-hydrogen) atoms. The van der Waals surface area contributed by atoms with Gasteiger partial charge in [-0.15, -0.1) is 0 Å². The molecular weight excluding hydrogens is 352 g/mol. The minimum absolute atomic E-state index is 0.0904. The fraction of sp³-hybridized carbons (Fsp3) is 0.500. The van der Waals surface area contributed by atoms with Crippen molar-refractivity contribution in [2.45, 2.75) is 53.5 Å². The molecule has 0 saturated heterocycles. The molecule has 0 fully saturated rings. The molecule has 0 radical (unpaired) electrons. The van der Waals surface area contributed by atoms with Crippen molar-refractivity contribution < 1.29 is 9.53 Å². The van der Waals surface area contributed by atoms with Crippen LogP contribution >= 0.6 is 0 Å². The van der Waals surface area contributed by atoms with E-state index in [2.05, 4.69) is 17.2 Å². The highest BCUT2D eigenvalue weighted by Crippen LogP contribution is 2.17. The molecule has 0 unspecified atom stereocenters. The number of likely N-dealkylation sites (N-methyl/N-ethyl adjacent to an activating group) is 1. The lowest BCUT2D eigenvalue weighted by Gasteiger charge is -2.18. The number of amides is 1. The van der Waals surface area contributed by atoms with Crippen LogP contribution in [0.15, 0.2) is 18.2 Å². The number of carbonyl (C=O) groups excluding carboxylic acids is 1. The maximum Gasteiger partial charge on any atom is 0.222 e. The second-order valence-corrected chi connectivity index (χ2v) is 7.27. The number of carbonyl (C=O) groups is 1. The van der Waals surface area contributed by atoms with Gasteiger partial charge >= 0.3 is 0 Å². The van der Waals surface area contributed by atoms with Crippen molar-refractivity contribution in [3.63, 3.8) is 0 Å². The van der Waals surface area contributed by atoms with Crippen LogP contribution in [0.5, 0.6) is 5.75 Å². The van der Waals surface area contributed by atoms with Gasteiger partial charge in [0.25, 0.3) is 0 Å². The van der Waals surface area contributed by atoms with Crippen molar-refractivity contribution in [2.24, 2.45) is 0 Å². The summed E-state index contributed by atoms with van der Waals surface area (Å²) in [6.45, 7) is 9.65. The average molecular weight is 383 g/mol. The van der Waals surface area contributed by atoms with Crippen molar-refractivity contribution in [3.8, 4) is 11.8 Å². The van der Waals surface area contributed by atoms with Gasteiger partial charge in [-0.2, -0.15) is 10.4 Å². The van der Waals surface area contributed by atoms with Crippen LogP contribution in [0.3, 0.4) is 0 Å². The van der Waals surface area contributed by atoms with E-state index in [1.165, 1.54) is 11.1 Å². The molecule has 2 rings (SSSR count). The van der Waals surface area contributed by atoms with Crippen LogP contribution in [0, 0.1) is 39.0 Å². The van der Waals surface area contributed by atoms with Crippen LogP contribution in [0.2, 0.25) is 0 Å². The maximum absolute atomic E-state index is 12.5. The van der Waals surface area contributed by atoms with E-state index in [-0.39, 0.29) is 5.91 Å². The smallest absolute Gasteiger partial charge is 0.222 e. The third-order valence-electron chi connectivity index (χ3n) is 4.87. The van der Waals surface area contributed by atoms with Gasteiger partial charge in [-0.25, -0.2) is 0 Å². The first-order valence-electron chi connectivity index (χ1n) is 9.66. The number of aryl methyl sites for hydroxylation is 4. The Bertz CT molecular complexity index is 844. The summed E-state index contributed by atoms with van der Waals surface area (Å²) in [5, 5.41) is 13.2. The van der Waals surface area contributed by atoms with Crippen LogP contribution in [0.1, 0.15) is 40.9 Å². The number of nitriles is 1. The lowest BCUT2D eigenvalue weighted by Crippen LogP contribution is -2.31. The summed E-state index contributed by atoms with van der Waals surface area (Å²) in [5.74, 6) is 0.932. The zero-order valence-corrected chi connectivity index (χ0v) is 17.6. The Morgan fingerprint density at radius 1 is 1.21 bits per heavy atom. The Morgan fingerprint density at radius 3 is 2.54 bits per heavy atom. The molecule has 0 N–H and O–H groups in total. The second kappa shape index (κ2) is 9.93. The topological polar surface area (TPSA) is 71.2 Å². The van der Waals surface area contributed by atoms with E-state index in [1.54, 1.807) is 4.90 Å². The van der Waals surface area contributed by atoms with Crippen LogP contribution < -0.4 is 4.74 Å². The monoisotopic (exact) mass is 382 g/mol. The summed E-state index contributed by atoms with van der Waals surface area (Å²) >= 11 is 0. The van der Waals surface area contributed by atoms with Gasteiger partial charge in [-0.1, -0.05) is 6.07 Å². The standard InChI is InChI=1S/C22H30N4O2/c1-16-13-17(2)15-20(14-16)28-12-11-25(5)22(27)8-7-21-18(3)24-26(19(21)4)10-6-9-23/h13-15H,6-8,10-12H2,1-5H3. The number of benzene rings is 1. The summed E-state index contributed by atoms with van der Waals surface area (Å²) in [5.41, 5.74) is 5.41. The van der Waals surface area contributed by atoms with Crippen molar-refractivity contribution >= 4 is 5.91 Å². The lowest BCUT2D eigenvalue weighted by atomic mass is 10.1. The molecule has 6 nitrogen and oxygen atoms in total. The Hall–Kier alpha value is -2.81. The second-order valence-electron chi connectivity index (χ2n) is 7.27. The minimum Gasteiger partial charge on any atom is -0.492 e. The molecule has 0 atom stereocenters. The fourth-order valence-corrected chi connectivity index (χ4v) is 3.33. The van der Waals surface area contributed by atoms with Crippen molar-refractivity contribution in [1.29, 1.82) is 5.26 Å². The molecular formula is C22H30N4O2. The predicted octanol–water partition coefficient (Wildman–Crippen LogP) is 3.50. The zero-order chi connectivity index (χ0) is 20.7. The first kappa shape index (κ1) is 21.5. The highest BCUT2D eigenvalue weighted by Gasteiger charge is 2.15. The minimum atomic E-state index is 0.0904. The number of nitrogens with zero attached hydrogens (tertiary/aromatic N) is 4. The number of aromatic nitrogens is 2. The van der Waals surface area contributed by atoms with Crippen LogP contribution in [-0.4, -0.2) is 40.8 Å². The van der Waals surface area contributed by atoms with Gasteiger partial charge in [-0.3, -0.25) is 9.48 Å². The Labute approximate surface area is 167 Å². The van der Waals surface area contributed by atoms with Gasteiger partial charge in [0, 0.05) is 19.2 Å². The highest BCUT2D eigenvalue weighted by molar-refractivity contribution is 5.76. The number of hydrogen-bond donors (Lipinski definition) is 0. The molecule has 0 aliphatic rings. The Balaban J connectivity index is 1.82.